The highest BCUT2D eigenvalue weighted by molar-refractivity contribution is 7.92. The number of hydrogen-bond donors (Lipinski definition) is 3. The summed E-state index contributed by atoms with van der Waals surface area (Å²) < 4.78 is 25.6. The third-order valence-corrected chi connectivity index (χ3v) is 4.08. The second-order valence-corrected chi connectivity index (χ2v) is 6.25. The quantitative estimate of drug-likeness (QED) is 0.797. The molecule has 0 amide bonds. The van der Waals surface area contributed by atoms with Gasteiger partial charge in [-0.3, -0.25) is 4.72 Å². The highest BCUT2D eigenvalue weighted by Crippen LogP contribution is 2.29. The Morgan fingerprint density at radius 3 is 2.68 bits per heavy atom. The van der Waals surface area contributed by atoms with Crippen molar-refractivity contribution < 1.29 is 18.3 Å². The zero-order valence-corrected chi connectivity index (χ0v) is 11.3. The Bertz CT molecular complexity index is 746. The van der Waals surface area contributed by atoms with Gasteiger partial charge in [0.2, 0.25) is 10.0 Å². The molecule has 3 N–H and O–H groups in total. The van der Waals surface area contributed by atoms with E-state index in [1.165, 1.54) is 6.92 Å². The summed E-state index contributed by atoms with van der Waals surface area (Å²) in [6.45, 7) is 3.34. The molecule has 0 radical (unpaired) electrons. The van der Waals surface area contributed by atoms with Gasteiger partial charge in [-0.05, 0) is 26.0 Å². The average Bonchev–Trinajstić information content (AvgIpc) is 2.67. The molecule has 0 fully saturated rings. The van der Waals surface area contributed by atoms with E-state index in [0.29, 0.717) is 10.9 Å². The molecule has 6 nitrogen and oxygen atoms in total. The number of carboxylic acid groups (broad SMARTS) is 1. The summed E-state index contributed by atoms with van der Waals surface area (Å²) in [6, 6.07) is 5.29. The third-order valence-electron chi connectivity index (χ3n) is 2.81. The van der Waals surface area contributed by atoms with Crippen LogP contribution >= 0.6 is 0 Å². The number of aryl methyl sites for hydroxylation is 1. The van der Waals surface area contributed by atoms with Gasteiger partial charge < -0.3 is 10.1 Å². The SMILES string of the molecule is CCS(=O)(=O)Nc1c(C(=O)O)[nH]c2ccc(C)cc12. The Labute approximate surface area is 110 Å². The van der Waals surface area contributed by atoms with Crippen molar-refractivity contribution in [3.05, 3.63) is 29.5 Å². The van der Waals surface area contributed by atoms with Crippen molar-refractivity contribution in [2.24, 2.45) is 0 Å². The minimum absolute atomic E-state index is 0.0908. The fourth-order valence-electron chi connectivity index (χ4n) is 1.80. The molecule has 1 aromatic heterocycles. The van der Waals surface area contributed by atoms with Crippen LogP contribution < -0.4 is 4.72 Å². The lowest BCUT2D eigenvalue weighted by molar-refractivity contribution is 0.0692. The van der Waals surface area contributed by atoms with Gasteiger partial charge in [0.15, 0.2) is 0 Å². The number of fused-ring (bicyclic) bond motifs is 1. The standard InChI is InChI=1S/C12H14N2O4S/c1-3-19(17,18)14-10-8-6-7(2)4-5-9(8)13-11(10)12(15)16/h4-6,13-14H,3H2,1-2H3,(H,15,16). The average molecular weight is 282 g/mol. The van der Waals surface area contributed by atoms with Crippen molar-refractivity contribution in [2.75, 3.05) is 10.5 Å². The van der Waals surface area contributed by atoms with Crippen LogP contribution in [0.15, 0.2) is 18.2 Å². The minimum Gasteiger partial charge on any atom is -0.477 e. The summed E-state index contributed by atoms with van der Waals surface area (Å²) in [5.41, 5.74) is 1.43. The number of aromatic amines is 1. The molecule has 0 atom stereocenters. The minimum atomic E-state index is -3.54. The van der Waals surface area contributed by atoms with Crippen LogP contribution in [0.1, 0.15) is 23.0 Å². The summed E-state index contributed by atoms with van der Waals surface area (Å²) in [7, 11) is -3.54. The molecule has 102 valence electrons. The zero-order valence-electron chi connectivity index (χ0n) is 10.5. The first-order chi connectivity index (χ1) is 8.84. The monoisotopic (exact) mass is 282 g/mol. The number of aromatic nitrogens is 1. The summed E-state index contributed by atoms with van der Waals surface area (Å²) in [6.07, 6.45) is 0. The van der Waals surface area contributed by atoms with Crippen molar-refractivity contribution in [1.82, 2.24) is 4.98 Å². The van der Waals surface area contributed by atoms with Crippen molar-refractivity contribution in [2.45, 2.75) is 13.8 Å². The molecule has 7 heteroatoms. The predicted molar refractivity (Wildman–Crippen MR) is 73.1 cm³/mol. The second kappa shape index (κ2) is 4.58. The van der Waals surface area contributed by atoms with Crippen LogP contribution in [0.5, 0.6) is 0 Å². The van der Waals surface area contributed by atoms with Gasteiger partial charge >= 0.3 is 5.97 Å². The number of rotatable bonds is 4. The van der Waals surface area contributed by atoms with E-state index in [2.05, 4.69) is 9.71 Å². The van der Waals surface area contributed by atoms with Gasteiger partial charge in [0.05, 0.1) is 11.4 Å². The van der Waals surface area contributed by atoms with E-state index >= 15 is 0 Å². The van der Waals surface area contributed by atoms with Gasteiger partial charge in [-0.15, -0.1) is 0 Å². The molecule has 0 aliphatic carbocycles. The molecule has 2 aromatic rings. The Balaban J connectivity index is 2.71. The number of benzene rings is 1. The number of nitrogens with one attached hydrogen (secondary N) is 2. The maximum absolute atomic E-state index is 11.7. The van der Waals surface area contributed by atoms with Crippen LogP contribution in [0.25, 0.3) is 10.9 Å². The molecule has 0 bridgehead atoms. The van der Waals surface area contributed by atoms with Crippen LogP contribution in [0.4, 0.5) is 5.69 Å². The maximum atomic E-state index is 11.7. The van der Waals surface area contributed by atoms with E-state index in [4.69, 9.17) is 5.11 Å². The highest BCUT2D eigenvalue weighted by Gasteiger charge is 2.20. The Kier molecular flexibility index (Phi) is 3.23. The molecule has 0 spiro atoms. The number of H-pyrrole nitrogens is 1. The summed E-state index contributed by atoms with van der Waals surface area (Å²) in [5, 5.41) is 9.69. The van der Waals surface area contributed by atoms with Crippen LogP contribution in [0, 0.1) is 6.92 Å². The van der Waals surface area contributed by atoms with Gasteiger partial charge in [0.1, 0.15) is 5.69 Å². The largest absolute Gasteiger partial charge is 0.477 e. The summed E-state index contributed by atoms with van der Waals surface area (Å²) in [5.74, 6) is -1.33. The number of carboxylic acids is 1. The van der Waals surface area contributed by atoms with E-state index < -0.39 is 16.0 Å². The highest BCUT2D eigenvalue weighted by atomic mass is 32.2. The van der Waals surface area contributed by atoms with Crippen LogP contribution in [0.3, 0.4) is 0 Å². The van der Waals surface area contributed by atoms with Crippen molar-refractivity contribution >= 4 is 32.6 Å². The van der Waals surface area contributed by atoms with E-state index in [1.807, 2.05) is 13.0 Å². The van der Waals surface area contributed by atoms with Gasteiger partial charge in [0, 0.05) is 10.9 Å². The van der Waals surface area contributed by atoms with Crippen molar-refractivity contribution in [3.8, 4) is 0 Å². The molecule has 1 aromatic carbocycles. The number of carbonyl (C=O) groups is 1. The summed E-state index contributed by atoms with van der Waals surface area (Å²) >= 11 is 0. The second-order valence-electron chi connectivity index (χ2n) is 4.23. The Morgan fingerprint density at radius 1 is 1.42 bits per heavy atom. The van der Waals surface area contributed by atoms with Gasteiger partial charge in [0.25, 0.3) is 0 Å². The van der Waals surface area contributed by atoms with Crippen LogP contribution in [-0.2, 0) is 10.0 Å². The van der Waals surface area contributed by atoms with E-state index in [0.717, 1.165) is 5.56 Å². The molecule has 0 saturated heterocycles. The smallest absolute Gasteiger partial charge is 0.354 e. The fraction of sp³-hybridized carbons (Fsp3) is 0.250. The van der Waals surface area contributed by atoms with Gasteiger partial charge in [-0.2, -0.15) is 0 Å². The first-order valence-corrected chi connectivity index (χ1v) is 7.35. The first-order valence-electron chi connectivity index (χ1n) is 5.70. The fourth-order valence-corrected chi connectivity index (χ4v) is 2.47. The first kappa shape index (κ1) is 13.4. The molecule has 0 unspecified atom stereocenters. The molecule has 0 saturated carbocycles. The molecule has 0 aliphatic rings. The van der Waals surface area contributed by atoms with Gasteiger partial charge in [-0.25, -0.2) is 13.2 Å². The lowest BCUT2D eigenvalue weighted by Gasteiger charge is -2.06. The number of aromatic carboxylic acids is 1. The van der Waals surface area contributed by atoms with Crippen LogP contribution in [-0.4, -0.2) is 30.2 Å². The number of sulfonamides is 1. The van der Waals surface area contributed by atoms with Gasteiger partial charge in [-0.1, -0.05) is 11.6 Å². The number of hydrogen-bond acceptors (Lipinski definition) is 3. The maximum Gasteiger partial charge on any atom is 0.354 e. The third kappa shape index (κ3) is 2.55. The predicted octanol–water partition coefficient (Wildman–Crippen LogP) is 1.94. The molecule has 19 heavy (non-hydrogen) atoms. The van der Waals surface area contributed by atoms with Crippen LogP contribution in [0.2, 0.25) is 0 Å². The van der Waals surface area contributed by atoms with E-state index in [-0.39, 0.29) is 17.1 Å². The van der Waals surface area contributed by atoms with E-state index in [1.54, 1.807) is 12.1 Å². The lowest BCUT2D eigenvalue weighted by atomic mass is 10.1. The molecule has 2 rings (SSSR count). The van der Waals surface area contributed by atoms with Crippen molar-refractivity contribution in [3.63, 3.8) is 0 Å². The molecule has 1 heterocycles. The molecular weight excluding hydrogens is 268 g/mol. The lowest BCUT2D eigenvalue weighted by Crippen LogP contribution is -2.16. The Hall–Kier alpha value is -2.02. The topological polar surface area (TPSA) is 99.3 Å². The summed E-state index contributed by atoms with van der Waals surface area (Å²) in [4.78, 5) is 13.9. The molecular formula is C12H14N2O4S. The van der Waals surface area contributed by atoms with E-state index in [9.17, 15) is 13.2 Å². The zero-order chi connectivity index (χ0) is 14.2. The van der Waals surface area contributed by atoms with Crippen molar-refractivity contribution in [1.29, 1.82) is 0 Å². The normalized spacial score (nSPS) is 11.7. The Morgan fingerprint density at radius 2 is 2.11 bits per heavy atom. The number of anilines is 1. The molecule has 0 aliphatic heterocycles.